The monoisotopic (exact) mass is 161 g/mol. The highest BCUT2D eigenvalue weighted by Crippen LogP contribution is 2.20. The fourth-order valence-electron chi connectivity index (χ4n) is 1.45. The van der Waals surface area contributed by atoms with E-state index in [1.54, 1.807) is 0 Å². The third-order valence-electron chi connectivity index (χ3n) is 2.11. The highest BCUT2D eigenvalue weighted by Gasteiger charge is 2.23. The third kappa shape index (κ3) is 2.75. The van der Waals surface area contributed by atoms with E-state index in [0.29, 0.717) is 13.0 Å². The molecule has 1 saturated carbocycles. The van der Waals surface area contributed by atoms with Crippen LogP contribution in [0.25, 0.3) is 0 Å². The Morgan fingerprint density at radius 2 is 2.27 bits per heavy atom. The Morgan fingerprint density at radius 3 is 2.82 bits per heavy atom. The Balaban J connectivity index is 2.05. The van der Waals surface area contributed by atoms with Gasteiger partial charge in [-0.2, -0.15) is 0 Å². The number of ether oxygens (including phenoxy) is 1. The molecule has 0 aromatic heterocycles. The second-order valence-corrected chi connectivity index (χ2v) is 3.05. The van der Waals surface area contributed by atoms with Crippen LogP contribution >= 0.6 is 0 Å². The Morgan fingerprint density at radius 1 is 1.45 bits per heavy atom. The maximum Gasteiger partial charge on any atom is 0.0916 e. The lowest BCUT2D eigenvalue weighted by Crippen LogP contribution is -2.31. The summed E-state index contributed by atoms with van der Waals surface area (Å²) >= 11 is 0. The van der Waals surface area contributed by atoms with Crippen LogP contribution < -0.4 is 5.73 Å². The lowest BCUT2D eigenvalue weighted by atomic mass is 10.2. The molecule has 0 saturated heterocycles. The predicted molar refractivity (Wildman–Crippen MR) is 42.2 cm³/mol. The van der Waals surface area contributed by atoms with Gasteiger partial charge in [-0.15, -0.1) is 0 Å². The zero-order chi connectivity index (χ0) is 8.10. The molecule has 0 aliphatic heterocycles. The molecule has 1 fully saturated rings. The van der Waals surface area contributed by atoms with Crippen molar-refractivity contribution in [2.45, 2.75) is 37.8 Å². The van der Waals surface area contributed by atoms with Crippen molar-refractivity contribution in [3.8, 4) is 0 Å². The topological polar surface area (TPSA) is 35.2 Å². The molecule has 0 aromatic carbocycles. The van der Waals surface area contributed by atoms with Gasteiger partial charge in [-0.1, -0.05) is 0 Å². The molecule has 0 aromatic rings. The summed E-state index contributed by atoms with van der Waals surface area (Å²) in [7, 11) is 0. The molecule has 2 nitrogen and oxygen atoms in total. The van der Waals surface area contributed by atoms with E-state index in [-0.39, 0.29) is 18.8 Å². The van der Waals surface area contributed by atoms with Crippen molar-refractivity contribution in [1.82, 2.24) is 0 Å². The van der Waals surface area contributed by atoms with Crippen molar-refractivity contribution < 1.29 is 9.13 Å². The third-order valence-corrected chi connectivity index (χ3v) is 2.11. The lowest BCUT2D eigenvalue weighted by Gasteiger charge is -2.15. The zero-order valence-electron chi connectivity index (χ0n) is 6.76. The van der Waals surface area contributed by atoms with Crippen LogP contribution in [-0.2, 0) is 4.74 Å². The molecule has 3 heteroatoms. The highest BCUT2D eigenvalue weighted by atomic mass is 19.1. The van der Waals surface area contributed by atoms with Crippen molar-refractivity contribution in [3.63, 3.8) is 0 Å². The van der Waals surface area contributed by atoms with Crippen LogP contribution in [0.2, 0.25) is 0 Å². The van der Waals surface area contributed by atoms with E-state index in [2.05, 4.69) is 0 Å². The average molecular weight is 161 g/mol. The summed E-state index contributed by atoms with van der Waals surface area (Å²) in [4.78, 5) is 0. The molecule has 0 spiro atoms. The van der Waals surface area contributed by atoms with Gasteiger partial charge in [-0.25, -0.2) is 0 Å². The lowest BCUT2D eigenvalue weighted by molar-refractivity contribution is 0.0440. The van der Waals surface area contributed by atoms with Crippen LogP contribution in [0.1, 0.15) is 25.7 Å². The van der Waals surface area contributed by atoms with Gasteiger partial charge in [0.1, 0.15) is 0 Å². The van der Waals surface area contributed by atoms with Crippen LogP contribution in [0, 0.1) is 0 Å². The smallest absolute Gasteiger partial charge is 0.0916 e. The second kappa shape index (κ2) is 4.67. The number of hydrogen-bond donors (Lipinski definition) is 1. The normalized spacial score (nSPS) is 31.1. The summed E-state index contributed by atoms with van der Waals surface area (Å²) in [5, 5.41) is 0. The Bertz CT molecular complexity index is 110. The molecule has 0 heterocycles. The summed E-state index contributed by atoms with van der Waals surface area (Å²) in [5.41, 5.74) is 5.74. The van der Waals surface area contributed by atoms with E-state index in [1.165, 1.54) is 0 Å². The minimum atomic E-state index is -0.290. The van der Waals surface area contributed by atoms with E-state index in [1.807, 2.05) is 0 Å². The van der Waals surface area contributed by atoms with Gasteiger partial charge in [-0.3, -0.25) is 4.39 Å². The Hall–Kier alpha value is -0.150. The molecule has 11 heavy (non-hydrogen) atoms. The van der Waals surface area contributed by atoms with Gasteiger partial charge in [-0.05, 0) is 25.7 Å². The van der Waals surface area contributed by atoms with Crippen molar-refractivity contribution in [3.05, 3.63) is 0 Å². The van der Waals surface area contributed by atoms with Crippen molar-refractivity contribution in [1.29, 1.82) is 0 Å². The van der Waals surface area contributed by atoms with Crippen LogP contribution in [0.5, 0.6) is 0 Å². The SMILES string of the molecule is NC1CCCC1OCCCF. The molecule has 2 N–H and O–H groups in total. The first-order valence-electron chi connectivity index (χ1n) is 4.27. The van der Waals surface area contributed by atoms with Crippen LogP contribution in [0.4, 0.5) is 4.39 Å². The van der Waals surface area contributed by atoms with Crippen LogP contribution in [-0.4, -0.2) is 25.4 Å². The van der Waals surface area contributed by atoms with Gasteiger partial charge >= 0.3 is 0 Å². The maximum absolute atomic E-state index is 11.7. The standard InChI is InChI=1S/C8H16FNO/c9-5-2-6-11-8-4-1-3-7(8)10/h7-8H,1-6,10H2. The Labute approximate surface area is 66.9 Å². The molecule has 1 aliphatic carbocycles. The average Bonchev–Trinajstić information content (AvgIpc) is 2.37. The molecule has 2 atom stereocenters. The summed E-state index contributed by atoms with van der Waals surface area (Å²) in [6, 6.07) is 0.189. The number of hydrogen-bond acceptors (Lipinski definition) is 2. The fourth-order valence-corrected chi connectivity index (χ4v) is 1.45. The van der Waals surface area contributed by atoms with Gasteiger partial charge in [0.05, 0.1) is 12.8 Å². The van der Waals surface area contributed by atoms with Crippen LogP contribution in [0.3, 0.4) is 0 Å². The first kappa shape index (κ1) is 8.94. The largest absolute Gasteiger partial charge is 0.377 e. The quantitative estimate of drug-likeness (QED) is 0.630. The number of alkyl halides is 1. The minimum absolute atomic E-state index is 0.189. The molecule has 0 bridgehead atoms. The predicted octanol–water partition coefficient (Wildman–Crippen LogP) is 1.24. The maximum atomic E-state index is 11.7. The van der Waals surface area contributed by atoms with Gasteiger partial charge in [0.25, 0.3) is 0 Å². The fraction of sp³-hybridized carbons (Fsp3) is 1.00. The molecule has 0 amide bonds. The van der Waals surface area contributed by atoms with E-state index in [9.17, 15) is 4.39 Å². The van der Waals surface area contributed by atoms with Crippen molar-refractivity contribution in [2.75, 3.05) is 13.3 Å². The summed E-state index contributed by atoms with van der Waals surface area (Å²) in [6.45, 7) is 0.233. The van der Waals surface area contributed by atoms with Gasteiger partial charge in [0.15, 0.2) is 0 Å². The Kier molecular flexibility index (Phi) is 3.80. The summed E-state index contributed by atoms with van der Waals surface area (Å²) < 4.78 is 17.0. The second-order valence-electron chi connectivity index (χ2n) is 3.05. The molecule has 66 valence electrons. The van der Waals surface area contributed by atoms with E-state index in [0.717, 1.165) is 19.3 Å². The molecular formula is C8H16FNO. The first-order chi connectivity index (χ1) is 5.34. The molecular weight excluding hydrogens is 145 g/mol. The first-order valence-corrected chi connectivity index (χ1v) is 4.27. The number of rotatable bonds is 4. The van der Waals surface area contributed by atoms with E-state index < -0.39 is 0 Å². The van der Waals surface area contributed by atoms with Gasteiger partial charge in [0.2, 0.25) is 0 Å². The van der Waals surface area contributed by atoms with Gasteiger partial charge in [0, 0.05) is 12.6 Å². The summed E-state index contributed by atoms with van der Waals surface area (Å²) in [5.74, 6) is 0. The zero-order valence-corrected chi connectivity index (χ0v) is 6.76. The number of nitrogens with two attached hydrogens (primary N) is 1. The van der Waals surface area contributed by atoms with Gasteiger partial charge < -0.3 is 10.5 Å². The molecule has 2 unspecified atom stereocenters. The number of halogens is 1. The molecule has 1 aliphatic rings. The van der Waals surface area contributed by atoms with E-state index in [4.69, 9.17) is 10.5 Å². The molecule has 1 rings (SSSR count). The van der Waals surface area contributed by atoms with Crippen LogP contribution in [0.15, 0.2) is 0 Å². The minimum Gasteiger partial charge on any atom is -0.377 e. The van der Waals surface area contributed by atoms with Crippen molar-refractivity contribution >= 4 is 0 Å². The summed E-state index contributed by atoms with van der Waals surface area (Å²) in [6.07, 6.45) is 3.96. The van der Waals surface area contributed by atoms with Crippen molar-refractivity contribution in [2.24, 2.45) is 5.73 Å². The van der Waals surface area contributed by atoms with E-state index >= 15 is 0 Å². The highest BCUT2D eigenvalue weighted by molar-refractivity contribution is 4.80. The molecule has 0 radical (unpaired) electrons.